The van der Waals surface area contributed by atoms with Gasteiger partial charge in [0.1, 0.15) is 11.6 Å². The SMILES string of the molecule is N#CCCN(C(=O)c1cc(F)cnc1N)C1CC1. The standard InChI is InChI=1S/C12H13FN4O/c13-8-6-10(11(15)16-7-8)12(18)17(5-1-4-14)9-2-3-9/h6-7,9H,1-3,5H2,(H2,15,16). The van der Waals surface area contributed by atoms with Crippen LogP contribution in [0.3, 0.4) is 0 Å². The molecule has 0 unspecified atom stereocenters. The van der Waals surface area contributed by atoms with Gasteiger partial charge in [0.2, 0.25) is 0 Å². The van der Waals surface area contributed by atoms with Crippen LogP contribution in [0.25, 0.3) is 0 Å². The van der Waals surface area contributed by atoms with Crippen molar-refractivity contribution >= 4 is 11.7 Å². The minimum absolute atomic E-state index is 0.0176. The van der Waals surface area contributed by atoms with Crippen molar-refractivity contribution in [1.29, 1.82) is 5.26 Å². The number of pyridine rings is 1. The first-order chi connectivity index (χ1) is 8.63. The van der Waals surface area contributed by atoms with E-state index < -0.39 is 5.82 Å². The lowest BCUT2D eigenvalue weighted by Crippen LogP contribution is -2.34. The smallest absolute Gasteiger partial charge is 0.257 e. The second-order valence-corrected chi connectivity index (χ2v) is 4.22. The van der Waals surface area contributed by atoms with Crippen LogP contribution in [0.1, 0.15) is 29.6 Å². The van der Waals surface area contributed by atoms with Crippen LogP contribution in [0.15, 0.2) is 12.3 Å². The van der Waals surface area contributed by atoms with E-state index in [1.807, 2.05) is 6.07 Å². The van der Waals surface area contributed by atoms with Crippen LogP contribution in [0.5, 0.6) is 0 Å². The molecule has 0 spiro atoms. The van der Waals surface area contributed by atoms with E-state index in [-0.39, 0.29) is 29.8 Å². The number of amides is 1. The lowest BCUT2D eigenvalue weighted by molar-refractivity contribution is 0.0747. The summed E-state index contributed by atoms with van der Waals surface area (Å²) in [4.78, 5) is 17.4. The summed E-state index contributed by atoms with van der Waals surface area (Å²) in [6.45, 7) is 0.343. The Balaban J connectivity index is 2.22. The number of nitrogens with zero attached hydrogens (tertiary/aromatic N) is 3. The first-order valence-corrected chi connectivity index (χ1v) is 5.72. The zero-order valence-electron chi connectivity index (χ0n) is 9.77. The van der Waals surface area contributed by atoms with Crippen molar-refractivity contribution in [2.24, 2.45) is 0 Å². The largest absolute Gasteiger partial charge is 0.383 e. The molecule has 1 fully saturated rings. The van der Waals surface area contributed by atoms with Gasteiger partial charge in [0.05, 0.1) is 24.3 Å². The maximum absolute atomic E-state index is 13.1. The van der Waals surface area contributed by atoms with E-state index in [0.29, 0.717) is 6.54 Å². The fourth-order valence-corrected chi connectivity index (χ4v) is 1.78. The van der Waals surface area contributed by atoms with Crippen molar-refractivity contribution in [3.05, 3.63) is 23.6 Å². The maximum Gasteiger partial charge on any atom is 0.257 e. The molecule has 1 aromatic heterocycles. The average Bonchev–Trinajstić information content (AvgIpc) is 3.17. The number of nitriles is 1. The first kappa shape index (κ1) is 12.3. The lowest BCUT2D eigenvalue weighted by Gasteiger charge is -2.21. The molecule has 1 amide bonds. The summed E-state index contributed by atoms with van der Waals surface area (Å²) < 4.78 is 13.1. The molecule has 1 aliphatic carbocycles. The topological polar surface area (TPSA) is 83.0 Å². The lowest BCUT2D eigenvalue weighted by atomic mass is 10.2. The molecule has 1 aromatic rings. The Labute approximate surface area is 104 Å². The molecule has 5 nitrogen and oxygen atoms in total. The van der Waals surface area contributed by atoms with E-state index in [9.17, 15) is 9.18 Å². The Kier molecular flexibility index (Phi) is 3.42. The second-order valence-electron chi connectivity index (χ2n) is 4.22. The highest BCUT2D eigenvalue weighted by atomic mass is 19.1. The van der Waals surface area contributed by atoms with Gasteiger partial charge in [0, 0.05) is 12.6 Å². The zero-order chi connectivity index (χ0) is 13.1. The molecular formula is C12H13FN4O. The van der Waals surface area contributed by atoms with Crippen LogP contribution in [-0.2, 0) is 0 Å². The van der Waals surface area contributed by atoms with Gasteiger partial charge < -0.3 is 10.6 Å². The van der Waals surface area contributed by atoms with E-state index in [4.69, 9.17) is 11.0 Å². The highest BCUT2D eigenvalue weighted by Gasteiger charge is 2.33. The number of nitrogen functional groups attached to an aromatic ring is 1. The highest BCUT2D eigenvalue weighted by molar-refractivity contribution is 5.98. The molecule has 0 atom stereocenters. The summed E-state index contributed by atoms with van der Waals surface area (Å²) in [7, 11) is 0. The van der Waals surface area contributed by atoms with Crippen molar-refractivity contribution < 1.29 is 9.18 Å². The summed E-state index contributed by atoms with van der Waals surface area (Å²) in [6.07, 6.45) is 3.06. The van der Waals surface area contributed by atoms with E-state index >= 15 is 0 Å². The zero-order valence-corrected chi connectivity index (χ0v) is 9.77. The first-order valence-electron chi connectivity index (χ1n) is 5.72. The molecule has 2 N–H and O–H groups in total. The molecule has 18 heavy (non-hydrogen) atoms. The number of aromatic nitrogens is 1. The number of hydrogen-bond donors (Lipinski definition) is 1. The number of rotatable bonds is 4. The molecule has 1 heterocycles. The van der Waals surface area contributed by atoms with E-state index in [2.05, 4.69) is 4.98 Å². The minimum atomic E-state index is -0.594. The average molecular weight is 248 g/mol. The molecule has 0 aromatic carbocycles. The van der Waals surface area contributed by atoms with Gasteiger partial charge in [-0.25, -0.2) is 9.37 Å². The molecule has 0 radical (unpaired) electrons. The summed E-state index contributed by atoms with van der Waals surface area (Å²) in [5.41, 5.74) is 5.66. The molecular weight excluding hydrogens is 235 g/mol. The van der Waals surface area contributed by atoms with E-state index in [1.165, 1.54) is 0 Å². The number of hydrogen-bond acceptors (Lipinski definition) is 4. The van der Waals surface area contributed by atoms with Gasteiger partial charge in [0.15, 0.2) is 0 Å². The van der Waals surface area contributed by atoms with Crippen LogP contribution in [0, 0.1) is 17.1 Å². The third kappa shape index (κ3) is 2.56. The summed E-state index contributed by atoms with van der Waals surface area (Å²) in [6, 6.07) is 3.23. The Morgan fingerprint density at radius 1 is 1.67 bits per heavy atom. The third-order valence-corrected chi connectivity index (χ3v) is 2.83. The normalized spacial score (nSPS) is 14.0. The molecule has 0 aliphatic heterocycles. The van der Waals surface area contributed by atoms with E-state index in [0.717, 1.165) is 25.1 Å². The quantitative estimate of drug-likeness (QED) is 0.871. The van der Waals surface area contributed by atoms with Gasteiger partial charge in [-0.15, -0.1) is 0 Å². The molecule has 6 heteroatoms. The predicted octanol–water partition coefficient (Wildman–Crippen LogP) is 1.32. The summed E-state index contributed by atoms with van der Waals surface area (Å²) in [5.74, 6) is -0.926. The van der Waals surface area contributed by atoms with Gasteiger partial charge in [0.25, 0.3) is 5.91 Å². The highest BCUT2D eigenvalue weighted by Crippen LogP contribution is 2.29. The molecule has 0 saturated heterocycles. The Bertz CT molecular complexity index is 507. The predicted molar refractivity (Wildman–Crippen MR) is 62.9 cm³/mol. The van der Waals surface area contributed by atoms with Crippen LogP contribution < -0.4 is 5.73 Å². The van der Waals surface area contributed by atoms with Crippen molar-refractivity contribution in [2.45, 2.75) is 25.3 Å². The van der Waals surface area contributed by atoms with Crippen LogP contribution in [0.4, 0.5) is 10.2 Å². The van der Waals surface area contributed by atoms with Crippen molar-refractivity contribution in [3.63, 3.8) is 0 Å². The van der Waals surface area contributed by atoms with Crippen molar-refractivity contribution in [3.8, 4) is 6.07 Å². The van der Waals surface area contributed by atoms with Crippen LogP contribution >= 0.6 is 0 Å². The van der Waals surface area contributed by atoms with Gasteiger partial charge in [-0.2, -0.15) is 5.26 Å². The fraction of sp³-hybridized carbons (Fsp3) is 0.417. The Morgan fingerprint density at radius 3 is 3.00 bits per heavy atom. The molecule has 1 saturated carbocycles. The van der Waals surface area contributed by atoms with Crippen LogP contribution in [0.2, 0.25) is 0 Å². The van der Waals surface area contributed by atoms with Gasteiger partial charge in [-0.05, 0) is 18.9 Å². The van der Waals surface area contributed by atoms with Gasteiger partial charge in [-0.1, -0.05) is 0 Å². The second kappa shape index (κ2) is 5.00. The molecule has 0 bridgehead atoms. The molecule has 1 aliphatic rings. The van der Waals surface area contributed by atoms with Crippen molar-refractivity contribution in [1.82, 2.24) is 9.88 Å². The minimum Gasteiger partial charge on any atom is -0.383 e. The monoisotopic (exact) mass is 248 g/mol. The number of anilines is 1. The number of carbonyl (C=O) groups excluding carboxylic acids is 1. The van der Waals surface area contributed by atoms with E-state index in [1.54, 1.807) is 4.90 Å². The van der Waals surface area contributed by atoms with Gasteiger partial charge >= 0.3 is 0 Å². The maximum atomic E-state index is 13.1. The number of carbonyl (C=O) groups is 1. The fourth-order valence-electron chi connectivity index (χ4n) is 1.78. The van der Waals surface area contributed by atoms with Gasteiger partial charge in [-0.3, -0.25) is 4.79 Å². The number of halogens is 1. The Morgan fingerprint density at radius 2 is 2.39 bits per heavy atom. The van der Waals surface area contributed by atoms with Crippen LogP contribution in [-0.4, -0.2) is 28.4 Å². The summed E-state index contributed by atoms with van der Waals surface area (Å²) in [5, 5.41) is 8.58. The van der Waals surface area contributed by atoms with Crippen molar-refractivity contribution in [2.75, 3.05) is 12.3 Å². The number of nitrogens with two attached hydrogens (primary N) is 1. The molecule has 94 valence electrons. The molecule has 2 rings (SSSR count). The summed E-state index contributed by atoms with van der Waals surface area (Å²) >= 11 is 0. The third-order valence-electron chi connectivity index (χ3n) is 2.83. The Hall–Kier alpha value is -2.16.